The van der Waals surface area contributed by atoms with Crippen molar-refractivity contribution in [1.29, 1.82) is 0 Å². The number of piperidine rings is 1. The summed E-state index contributed by atoms with van der Waals surface area (Å²) in [5, 5.41) is 0. The Morgan fingerprint density at radius 3 is 2.92 bits per heavy atom. The normalized spacial score (nSPS) is 24.2. The molecule has 0 aromatic rings. The first kappa shape index (κ1) is 9.56. The summed E-state index contributed by atoms with van der Waals surface area (Å²) in [7, 11) is 0. The molecule has 1 aliphatic heterocycles. The average molecular weight is 169 g/mol. The number of amides is 1. The Bertz CT molecular complexity index is 156. The Hall–Kier alpha value is -0.530. The van der Waals surface area contributed by atoms with Gasteiger partial charge in [0.2, 0.25) is 5.91 Å². The van der Waals surface area contributed by atoms with E-state index in [1.165, 1.54) is 12.8 Å². The third kappa shape index (κ3) is 2.50. The average Bonchev–Trinajstić information content (AvgIpc) is 2.05. The van der Waals surface area contributed by atoms with Gasteiger partial charge in [-0.2, -0.15) is 0 Å². The minimum Gasteiger partial charge on any atom is -0.342 e. The number of nitrogens with zero attached hydrogens (tertiary/aromatic N) is 1. The van der Waals surface area contributed by atoms with Gasteiger partial charge in [-0.15, -0.1) is 0 Å². The number of rotatable bonds is 2. The maximum atomic E-state index is 11.5. The monoisotopic (exact) mass is 169 g/mol. The van der Waals surface area contributed by atoms with Gasteiger partial charge in [-0.1, -0.05) is 13.8 Å². The van der Waals surface area contributed by atoms with E-state index in [0.717, 1.165) is 25.9 Å². The first-order chi connectivity index (χ1) is 5.74. The maximum absolute atomic E-state index is 11.5. The summed E-state index contributed by atoms with van der Waals surface area (Å²) in [5.41, 5.74) is 0. The van der Waals surface area contributed by atoms with Crippen LogP contribution in [0.3, 0.4) is 0 Å². The number of hydrogen-bond acceptors (Lipinski definition) is 1. The van der Waals surface area contributed by atoms with Gasteiger partial charge in [-0.25, -0.2) is 0 Å². The van der Waals surface area contributed by atoms with Crippen molar-refractivity contribution < 1.29 is 4.79 Å². The fraction of sp³-hybridized carbons (Fsp3) is 0.900. The topological polar surface area (TPSA) is 20.3 Å². The van der Waals surface area contributed by atoms with E-state index in [1.807, 2.05) is 4.90 Å². The Balaban J connectivity index is 2.35. The van der Waals surface area contributed by atoms with Crippen molar-refractivity contribution in [3.8, 4) is 0 Å². The van der Waals surface area contributed by atoms with Crippen LogP contribution in [0.2, 0.25) is 0 Å². The van der Waals surface area contributed by atoms with E-state index < -0.39 is 0 Å². The molecule has 0 spiro atoms. The second kappa shape index (κ2) is 4.48. The minimum absolute atomic E-state index is 0.351. The molecule has 0 aromatic heterocycles. The molecule has 0 aromatic carbocycles. The van der Waals surface area contributed by atoms with E-state index in [1.54, 1.807) is 0 Å². The molecule has 70 valence electrons. The van der Waals surface area contributed by atoms with E-state index in [9.17, 15) is 4.79 Å². The molecule has 0 radical (unpaired) electrons. The predicted octanol–water partition coefficient (Wildman–Crippen LogP) is 2.04. The molecule has 1 aliphatic rings. The van der Waals surface area contributed by atoms with Gasteiger partial charge < -0.3 is 4.90 Å². The summed E-state index contributed by atoms with van der Waals surface area (Å²) in [4.78, 5) is 13.5. The van der Waals surface area contributed by atoms with Crippen LogP contribution in [0, 0.1) is 5.92 Å². The molecule has 1 fully saturated rings. The molecular formula is C10H19NO. The van der Waals surface area contributed by atoms with E-state index in [2.05, 4.69) is 13.8 Å². The number of carbonyl (C=O) groups is 1. The van der Waals surface area contributed by atoms with Crippen LogP contribution in [-0.2, 0) is 4.79 Å². The highest BCUT2D eigenvalue weighted by atomic mass is 16.2. The molecule has 0 N–H and O–H groups in total. The second-order valence-electron chi connectivity index (χ2n) is 3.84. The van der Waals surface area contributed by atoms with Gasteiger partial charge in [-0.05, 0) is 25.2 Å². The van der Waals surface area contributed by atoms with Gasteiger partial charge >= 0.3 is 0 Å². The largest absolute Gasteiger partial charge is 0.342 e. The third-order valence-electron chi connectivity index (χ3n) is 2.47. The maximum Gasteiger partial charge on any atom is 0.222 e. The Morgan fingerprint density at radius 2 is 2.33 bits per heavy atom. The van der Waals surface area contributed by atoms with Crippen LogP contribution in [0.4, 0.5) is 0 Å². The smallest absolute Gasteiger partial charge is 0.222 e. The lowest BCUT2D eigenvalue weighted by molar-refractivity contribution is -0.132. The Kier molecular flexibility index (Phi) is 3.57. The summed E-state index contributed by atoms with van der Waals surface area (Å²) in [6.07, 6.45) is 4.18. The number of carbonyl (C=O) groups excluding carboxylic acids is 1. The predicted molar refractivity (Wildman–Crippen MR) is 49.9 cm³/mol. The molecule has 0 bridgehead atoms. The quantitative estimate of drug-likeness (QED) is 0.619. The summed E-state index contributed by atoms with van der Waals surface area (Å²) < 4.78 is 0. The third-order valence-corrected chi connectivity index (χ3v) is 2.47. The first-order valence-corrected chi connectivity index (χ1v) is 5.01. The summed E-state index contributed by atoms with van der Waals surface area (Å²) >= 11 is 0. The van der Waals surface area contributed by atoms with Crippen LogP contribution in [0.25, 0.3) is 0 Å². The van der Waals surface area contributed by atoms with Gasteiger partial charge in [0, 0.05) is 19.5 Å². The highest BCUT2D eigenvalue weighted by Crippen LogP contribution is 2.16. The van der Waals surface area contributed by atoms with Crippen LogP contribution >= 0.6 is 0 Å². The molecule has 2 heteroatoms. The second-order valence-corrected chi connectivity index (χ2v) is 3.84. The van der Waals surface area contributed by atoms with E-state index in [4.69, 9.17) is 0 Å². The standard InChI is InChI=1S/C10H19NO/c1-3-5-10(12)11-7-4-6-9(2)8-11/h9H,3-8H2,1-2H3/t9-/m1/s1. The van der Waals surface area contributed by atoms with E-state index in [0.29, 0.717) is 11.8 Å². The molecule has 1 atom stereocenters. The lowest BCUT2D eigenvalue weighted by atomic mass is 10.00. The summed E-state index contributed by atoms with van der Waals surface area (Å²) in [6, 6.07) is 0. The minimum atomic E-state index is 0.351. The molecule has 1 rings (SSSR count). The van der Waals surface area contributed by atoms with Crippen molar-refractivity contribution in [2.24, 2.45) is 5.92 Å². The van der Waals surface area contributed by atoms with Gasteiger partial charge in [0.15, 0.2) is 0 Å². The van der Waals surface area contributed by atoms with Crippen molar-refractivity contribution in [1.82, 2.24) is 4.90 Å². The zero-order chi connectivity index (χ0) is 8.97. The lowest BCUT2D eigenvalue weighted by Gasteiger charge is -2.30. The van der Waals surface area contributed by atoms with Gasteiger partial charge in [-0.3, -0.25) is 4.79 Å². The van der Waals surface area contributed by atoms with Crippen LogP contribution < -0.4 is 0 Å². The molecule has 2 nitrogen and oxygen atoms in total. The fourth-order valence-electron chi connectivity index (χ4n) is 1.79. The molecule has 0 saturated carbocycles. The molecule has 1 amide bonds. The Labute approximate surface area is 74.9 Å². The van der Waals surface area contributed by atoms with E-state index in [-0.39, 0.29) is 0 Å². The van der Waals surface area contributed by atoms with Gasteiger partial charge in [0.1, 0.15) is 0 Å². The molecule has 1 saturated heterocycles. The van der Waals surface area contributed by atoms with Crippen LogP contribution in [0.1, 0.15) is 39.5 Å². The zero-order valence-electron chi connectivity index (χ0n) is 8.18. The molecular weight excluding hydrogens is 150 g/mol. The van der Waals surface area contributed by atoms with E-state index >= 15 is 0 Å². The first-order valence-electron chi connectivity index (χ1n) is 5.01. The van der Waals surface area contributed by atoms with Crippen molar-refractivity contribution in [2.45, 2.75) is 39.5 Å². The number of likely N-dealkylation sites (tertiary alicyclic amines) is 1. The summed E-state index contributed by atoms with van der Waals surface area (Å²) in [6.45, 7) is 6.26. The van der Waals surface area contributed by atoms with Crippen molar-refractivity contribution in [3.63, 3.8) is 0 Å². The molecule has 0 unspecified atom stereocenters. The van der Waals surface area contributed by atoms with Crippen molar-refractivity contribution in [3.05, 3.63) is 0 Å². The highest BCUT2D eigenvalue weighted by molar-refractivity contribution is 5.76. The van der Waals surface area contributed by atoms with Crippen LogP contribution in [-0.4, -0.2) is 23.9 Å². The molecule has 0 aliphatic carbocycles. The van der Waals surface area contributed by atoms with Gasteiger partial charge in [0.25, 0.3) is 0 Å². The SMILES string of the molecule is CCCC(=O)N1CCC[C@@H](C)C1. The van der Waals surface area contributed by atoms with Gasteiger partial charge in [0.05, 0.1) is 0 Å². The summed E-state index contributed by atoms with van der Waals surface area (Å²) in [5.74, 6) is 1.06. The molecule has 1 heterocycles. The Morgan fingerprint density at radius 1 is 1.58 bits per heavy atom. The molecule has 12 heavy (non-hydrogen) atoms. The van der Waals surface area contributed by atoms with Crippen molar-refractivity contribution in [2.75, 3.05) is 13.1 Å². The highest BCUT2D eigenvalue weighted by Gasteiger charge is 2.19. The zero-order valence-corrected chi connectivity index (χ0v) is 8.18. The fourth-order valence-corrected chi connectivity index (χ4v) is 1.79. The number of hydrogen-bond donors (Lipinski definition) is 0. The lowest BCUT2D eigenvalue weighted by Crippen LogP contribution is -2.38. The van der Waals surface area contributed by atoms with Crippen LogP contribution in [0.15, 0.2) is 0 Å². The van der Waals surface area contributed by atoms with Crippen LogP contribution in [0.5, 0.6) is 0 Å². The van der Waals surface area contributed by atoms with Crippen molar-refractivity contribution >= 4 is 5.91 Å².